The summed E-state index contributed by atoms with van der Waals surface area (Å²) in [6.07, 6.45) is 8.76. The molecule has 2 saturated carbocycles. The van der Waals surface area contributed by atoms with Crippen molar-refractivity contribution in [1.29, 1.82) is 0 Å². The highest BCUT2D eigenvalue weighted by molar-refractivity contribution is 5.31. The molecule has 0 amide bonds. The van der Waals surface area contributed by atoms with E-state index < -0.39 is 6.36 Å². The molecule has 0 aromatic heterocycles. The van der Waals surface area contributed by atoms with Crippen LogP contribution in [0.4, 0.5) is 13.2 Å². The monoisotopic (exact) mass is 398 g/mol. The molecule has 5 heteroatoms. The standard InChI is InChI=1S/C23H33F3O2/c1-2-3-17-4-8-19(9-5-17)20-10-6-18(7-11-20)16-27-21-12-14-22(15-13-21)28-23(24,25)26/h12-15,17-20H,2-11,16H2,1H3. The molecule has 0 radical (unpaired) electrons. The number of ether oxygens (including phenoxy) is 2. The fourth-order valence-corrected chi connectivity index (χ4v) is 5.13. The van der Waals surface area contributed by atoms with Crippen LogP contribution in [0.15, 0.2) is 24.3 Å². The van der Waals surface area contributed by atoms with Crippen LogP contribution in [0, 0.1) is 23.7 Å². The Hall–Kier alpha value is -1.39. The summed E-state index contributed by atoms with van der Waals surface area (Å²) < 4.78 is 46.3. The Morgan fingerprint density at radius 1 is 0.786 bits per heavy atom. The molecule has 0 N–H and O–H groups in total. The van der Waals surface area contributed by atoms with Gasteiger partial charge in [0.25, 0.3) is 0 Å². The molecule has 0 saturated heterocycles. The van der Waals surface area contributed by atoms with Crippen molar-refractivity contribution in [2.24, 2.45) is 23.7 Å². The summed E-state index contributed by atoms with van der Waals surface area (Å²) in [5.41, 5.74) is 0. The summed E-state index contributed by atoms with van der Waals surface area (Å²) in [6.45, 7) is 2.94. The third kappa shape index (κ3) is 6.59. The first-order chi connectivity index (χ1) is 13.4. The zero-order valence-corrected chi connectivity index (χ0v) is 16.8. The highest BCUT2D eigenvalue weighted by Crippen LogP contribution is 2.42. The van der Waals surface area contributed by atoms with Gasteiger partial charge in [-0.1, -0.05) is 32.6 Å². The van der Waals surface area contributed by atoms with Gasteiger partial charge >= 0.3 is 6.36 Å². The maximum atomic E-state index is 12.2. The van der Waals surface area contributed by atoms with Crippen LogP contribution in [0.3, 0.4) is 0 Å². The van der Waals surface area contributed by atoms with Crippen LogP contribution in [0.5, 0.6) is 11.5 Å². The van der Waals surface area contributed by atoms with E-state index in [9.17, 15) is 13.2 Å². The molecule has 1 aromatic rings. The van der Waals surface area contributed by atoms with E-state index in [1.165, 1.54) is 76.3 Å². The van der Waals surface area contributed by atoms with Gasteiger partial charge in [0.15, 0.2) is 0 Å². The van der Waals surface area contributed by atoms with Crippen LogP contribution >= 0.6 is 0 Å². The molecule has 3 rings (SSSR count). The van der Waals surface area contributed by atoms with Gasteiger partial charge in [0.05, 0.1) is 6.61 Å². The predicted octanol–water partition coefficient (Wildman–Crippen LogP) is 7.38. The summed E-state index contributed by atoms with van der Waals surface area (Å²) in [4.78, 5) is 0. The number of hydrogen-bond acceptors (Lipinski definition) is 2. The predicted molar refractivity (Wildman–Crippen MR) is 104 cm³/mol. The van der Waals surface area contributed by atoms with Crippen LogP contribution in [0.2, 0.25) is 0 Å². The van der Waals surface area contributed by atoms with Gasteiger partial charge in [-0.3, -0.25) is 0 Å². The lowest BCUT2D eigenvalue weighted by Crippen LogP contribution is -2.27. The van der Waals surface area contributed by atoms with E-state index in [-0.39, 0.29) is 5.75 Å². The number of hydrogen-bond donors (Lipinski definition) is 0. The van der Waals surface area contributed by atoms with Crippen LogP contribution in [-0.4, -0.2) is 13.0 Å². The van der Waals surface area contributed by atoms with Crippen LogP contribution in [-0.2, 0) is 0 Å². The molecule has 0 heterocycles. The molecule has 0 atom stereocenters. The van der Waals surface area contributed by atoms with Gasteiger partial charge in [-0.25, -0.2) is 0 Å². The number of benzene rings is 1. The molecular weight excluding hydrogens is 365 g/mol. The van der Waals surface area contributed by atoms with Gasteiger partial charge in [0.1, 0.15) is 11.5 Å². The van der Waals surface area contributed by atoms with Gasteiger partial charge in [-0.15, -0.1) is 13.2 Å². The molecule has 0 unspecified atom stereocenters. The summed E-state index contributed by atoms with van der Waals surface area (Å²) in [5, 5.41) is 0. The van der Waals surface area contributed by atoms with Crippen LogP contribution < -0.4 is 9.47 Å². The van der Waals surface area contributed by atoms with Gasteiger partial charge in [0.2, 0.25) is 0 Å². The fraction of sp³-hybridized carbons (Fsp3) is 0.739. The zero-order chi connectivity index (χ0) is 20.0. The first-order valence-corrected chi connectivity index (χ1v) is 10.9. The Kier molecular flexibility index (Phi) is 7.53. The molecule has 0 bridgehead atoms. The Labute approximate surface area is 166 Å². The van der Waals surface area contributed by atoms with Crippen molar-refractivity contribution in [3.8, 4) is 11.5 Å². The van der Waals surface area contributed by atoms with E-state index in [0.717, 1.165) is 17.8 Å². The van der Waals surface area contributed by atoms with E-state index in [2.05, 4.69) is 11.7 Å². The third-order valence-electron chi connectivity index (χ3n) is 6.69. The zero-order valence-electron chi connectivity index (χ0n) is 16.8. The minimum Gasteiger partial charge on any atom is -0.493 e. The highest BCUT2D eigenvalue weighted by atomic mass is 19.4. The van der Waals surface area contributed by atoms with Crippen molar-refractivity contribution in [2.45, 2.75) is 77.5 Å². The maximum Gasteiger partial charge on any atom is 0.573 e. The van der Waals surface area contributed by atoms with Crippen molar-refractivity contribution in [1.82, 2.24) is 0 Å². The average molecular weight is 399 g/mol. The lowest BCUT2D eigenvalue weighted by molar-refractivity contribution is -0.274. The molecule has 28 heavy (non-hydrogen) atoms. The lowest BCUT2D eigenvalue weighted by atomic mass is 9.69. The van der Waals surface area contributed by atoms with E-state index in [1.807, 2.05) is 0 Å². The van der Waals surface area contributed by atoms with E-state index in [0.29, 0.717) is 18.3 Å². The molecule has 0 spiro atoms. The minimum absolute atomic E-state index is 0.214. The van der Waals surface area contributed by atoms with Gasteiger partial charge < -0.3 is 9.47 Å². The molecule has 2 nitrogen and oxygen atoms in total. The Bertz CT molecular complexity index is 569. The number of alkyl halides is 3. The topological polar surface area (TPSA) is 18.5 Å². The molecule has 2 aliphatic carbocycles. The maximum absolute atomic E-state index is 12.2. The number of halogens is 3. The summed E-state index contributed by atoms with van der Waals surface area (Å²) in [7, 11) is 0. The van der Waals surface area contributed by atoms with Crippen molar-refractivity contribution in [2.75, 3.05) is 6.61 Å². The van der Waals surface area contributed by atoms with Gasteiger partial charge in [-0.2, -0.15) is 0 Å². The second-order valence-corrected chi connectivity index (χ2v) is 8.68. The smallest absolute Gasteiger partial charge is 0.493 e. The highest BCUT2D eigenvalue weighted by Gasteiger charge is 2.32. The summed E-state index contributed by atoms with van der Waals surface area (Å²) in [6, 6.07) is 5.69. The fourth-order valence-electron chi connectivity index (χ4n) is 5.13. The molecular formula is C23H33F3O2. The molecule has 2 aliphatic rings. The third-order valence-corrected chi connectivity index (χ3v) is 6.69. The normalized spacial score (nSPS) is 28.7. The first-order valence-electron chi connectivity index (χ1n) is 10.9. The Morgan fingerprint density at radius 2 is 1.29 bits per heavy atom. The van der Waals surface area contributed by atoms with E-state index >= 15 is 0 Å². The summed E-state index contributed by atoms with van der Waals surface area (Å²) >= 11 is 0. The molecule has 0 aliphatic heterocycles. The second kappa shape index (κ2) is 9.89. The van der Waals surface area contributed by atoms with E-state index in [1.54, 1.807) is 12.1 Å². The van der Waals surface area contributed by atoms with E-state index in [4.69, 9.17) is 4.74 Å². The van der Waals surface area contributed by atoms with Crippen LogP contribution in [0.1, 0.15) is 71.1 Å². The van der Waals surface area contributed by atoms with Gasteiger partial charge in [0, 0.05) is 0 Å². The molecule has 2 fully saturated rings. The first kappa shape index (κ1) is 21.3. The van der Waals surface area contributed by atoms with Gasteiger partial charge in [-0.05, 0) is 86.5 Å². The van der Waals surface area contributed by atoms with Crippen molar-refractivity contribution < 1.29 is 22.6 Å². The SMILES string of the molecule is CCCC1CCC(C2CCC(COc3ccc(OC(F)(F)F)cc3)CC2)CC1. The largest absolute Gasteiger partial charge is 0.573 e. The second-order valence-electron chi connectivity index (χ2n) is 8.68. The average Bonchev–Trinajstić information content (AvgIpc) is 2.68. The quantitative estimate of drug-likeness (QED) is 0.477. The minimum atomic E-state index is -4.66. The molecule has 158 valence electrons. The Morgan fingerprint density at radius 3 is 1.79 bits per heavy atom. The van der Waals surface area contributed by atoms with Crippen molar-refractivity contribution in [3.05, 3.63) is 24.3 Å². The Balaban J connectivity index is 1.36. The summed E-state index contributed by atoms with van der Waals surface area (Å²) in [5.74, 6) is 3.73. The number of rotatable bonds is 7. The lowest BCUT2D eigenvalue weighted by Gasteiger charge is -2.37. The van der Waals surface area contributed by atoms with Crippen molar-refractivity contribution >= 4 is 0 Å². The van der Waals surface area contributed by atoms with Crippen LogP contribution in [0.25, 0.3) is 0 Å². The van der Waals surface area contributed by atoms with Crippen molar-refractivity contribution in [3.63, 3.8) is 0 Å². The molecule has 1 aromatic carbocycles.